The fourth-order valence-electron chi connectivity index (χ4n) is 1.93. The van der Waals surface area contributed by atoms with Crippen molar-refractivity contribution in [3.05, 3.63) is 0 Å². The standard InChI is InChI=1S/C13H26F3NO2/c1-11(2)17-12(3,10-18)6-4-8-19-9-5-7-13(14,15)16/h11,17-18H,4-10H2,1-3H3. The third-order valence-electron chi connectivity index (χ3n) is 2.75. The third kappa shape index (κ3) is 11.2. The lowest BCUT2D eigenvalue weighted by Gasteiger charge is -2.31. The molecule has 0 fully saturated rings. The van der Waals surface area contributed by atoms with Crippen molar-refractivity contribution in [1.82, 2.24) is 5.32 Å². The molecule has 19 heavy (non-hydrogen) atoms. The van der Waals surface area contributed by atoms with Gasteiger partial charge in [0.2, 0.25) is 0 Å². The molecule has 2 N–H and O–H groups in total. The van der Waals surface area contributed by atoms with Gasteiger partial charge >= 0.3 is 6.18 Å². The van der Waals surface area contributed by atoms with E-state index in [2.05, 4.69) is 5.32 Å². The second-order valence-corrected chi connectivity index (χ2v) is 5.45. The van der Waals surface area contributed by atoms with Crippen LogP contribution in [0.4, 0.5) is 13.2 Å². The van der Waals surface area contributed by atoms with Gasteiger partial charge in [-0.3, -0.25) is 0 Å². The van der Waals surface area contributed by atoms with Crippen LogP contribution in [0.3, 0.4) is 0 Å². The molecule has 0 aliphatic carbocycles. The van der Waals surface area contributed by atoms with Crippen molar-refractivity contribution < 1.29 is 23.0 Å². The highest BCUT2D eigenvalue weighted by Crippen LogP contribution is 2.21. The molecule has 0 radical (unpaired) electrons. The Bertz CT molecular complexity index is 234. The van der Waals surface area contributed by atoms with Crippen LogP contribution in [-0.2, 0) is 4.74 Å². The number of hydrogen-bond donors (Lipinski definition) is 2. The average Bonchev–Trinajstić information content (AvgIpc) is 2.25. The number of aliphatic hydroxyl groups excluding tert-OH is 1. The van der Waals surface area contributed by atoms with Gasteiger partial charge in [-0.05, 0) is 26.2 Å². The van der Waals surface area contributed by atoms with Gasteiger partial charge in [-0.25, -0.2) is 0 Å². The smallest absolute Gasteiger partial charge is 0.389 e. The molecule has 0 saturated carbocycles. The normalized spacial score (nSPS) is 15.8. The highest BCUT2D eigenvalue weighted by Gasteiger charge is 2.26. The van der Waals surface area contributed by atoms with Crippen molar-refractivity contribution in [2.45, 2.75) is 64.2 Å². The van der Waals surface area contributed by atoms with Crippen molar-refractivity contribution in [3.8, 4) is 0 Å². The van der Waals surface area contributed by atoms with Gasteiger partial charge in [-0.15, -0.1) is 0 Å². The largest absolute Gasteiger partial charge is 0.394 e. The molecule has 0 aromatic heterocycles. The van der Waals surface area contributed by atoms with Crippen LogP contribution in [-0.4, -0.2) is 42.7 Å². The fourth-order valence-corrected chi connectivity index (χ4v) is 1.93. The molecule has 0 aliphatic rings. The summed E-state index contributed by atoms with van der Waals surface area (Å²) < 4.78 is 40.8. The average molecular weight is 285 g/mol. The van der Waals surface area contributed by atoms with Crippen LogP contribution in [0.25, 0.3) is 0 Å². The quantitative estimate of drug-likeness (QED) is 0.606. The van der Waals surface area contributed by atoms with Crippen LogP contribution >= 0.6 is 0 Å². The zero-order valence-corrected chi connectivity index (χ0v) is 12.0. The van der Waals surface area contributed by atoms with Gasteiger partial charge in [0.15, 0.2) is 0 Å². The van der Waals surface area contributed by atoms with Crippen LogP contribution in [0, 0.1) is 0 Å². The maximum absolute atomic E-state index is 11.9. The van der Waals surface area contributed by atoms with Crippen molar-refractivity contribution >= 4 is 0 Å². The molecular weight excluding hydrogens is 259 g/mol. The van der Waals surface area contributed by atoms with Gasteiger partial charge in [0, 0.05) is 31.2 Å². The number of ether oxygens (including phenoxy) is 1. The molecule has 0 rings (SSSR count). The Morgan fingerprint density at radius 2 is 1.63 bits per heavy atom. The summed E-state index contributed by atoms with van der Waals surface area (Å²) >= 11 is 0. The van der Waals surface area contributed by atoms with Gasteiger partial charge in [-0.1, -0.05) is 13.8 Å². The first kappa shape index (κ1) is 18.7. The molecule has 0 spiro atoms. The summed E-state index contributed by atoms with van der Waals surface area (Å²) in [5.74, 6) is 0. The van der Waals surface area contributed by atoms with Gasteiger partial charge in [-0.2, -0.15) is 13.2 Å². The summed E-state index contributed by atoms with van der Waals surface area (Å²) in [7, 11) is 0. The number of nitrogens with one attached hydrogen (secondary N) is 1. The van der Waals surface area contributed by atoms with E-state index in [1.165, 1.54) is 0 Å². The Hall–Kier alpha value is -0.330. The third-order valence-corrected chi connectivity index (χ3v) is 2.75. The van der Waals surface area contributed by atoms with Crippen molar-refractivity contribution in [3.63, 3.8) is 0 Å². The lowest BCUT2D eigenvalue weighted by molar-refractivity contribution is -0.137. The maximum atomic E-state index is 11.9. The second kappa shape index (κ2) is 8.76. The molecule has 0 bridgehead atoms. The molecular formula is C13H26F3NO2. The molecule has 0 aliphatic heterocycles. The van der Waals surface area contributed by atoms with E-state index in [0.29, 0.717) is 13.0 Å². The van der Waals surface area contributed by atoms with Crippen LogP contribution in [0.5, 0.6) is 0 Å². The van der Waals surface area contributed by atoms with Crippen molar-refractivity contribution in [2.24, 2.45) is 0 Å². The van der Waals surface area contributed by atoms with Gasteiger partial charge in [0.1, 0.15) is 0 Å². The minimum absolute atomic E-state index is 0.00497. The highest BCUT2D eigenvalue weighted by atomic mass is 19.4. The molecule has 0 amide bonds. The molecule has 3 nitrogen and oxygen atoms in total. The predicted molar refractivity (Wildman–Crippen MR) is 69.1 cm³/mol. The first-order valence-electron chi connectivity index (χ1n) is 6.71. The van der Waals surface area contributed by atoms with Gasteiger partial charge < -0.3 is 15.2 Å². The SMILES string of the molecule is CC(C)NC(C)(CO)CCCOCCCC(F)(F)F. The number of alkyl halides is 3. The van der Waals surface area contributed by atoms with E-state index in [1.807, 2.05) is 20.8 Å². The first-order valence-corrected chi connectivity index (χ1v) is 6.71. The molecule has 0 heterocycles. The molecule has 1 atom stereocenters. The van der Waals surface area contributed by atoms with E-state index in [1.54, 1.807) is 0 Å². The Labute approximate surface area is 113 Å². The Morgan fingerprint density at radius 1 is 1.11 bits per heavy atom. The number of aliphatic hydroxyl groups is 1. The Kier molecular flexibility index (Phi) is 8.61. The Morgan fingerprint density at radius 3 is 2.05 bits per heavy atom. The van der Waals surface area contributed by atoms with Gasteiger partial charge in [0.25, 0.3) is 0 Å². The monoisotopic (exact) mass is 285 g/mol. The summed E-state index contributed by atoms with van der Waals surface area (Å²) in [5.41, 5.74) is -0.358. The van der Waals surface area contributed by atoms with Crippen LogP contribution in [0.15, 0.2) is 0 Å². The summed E-state index contributed by atoms with van der Waals surface area (Å²) in [5, 5.41) is 12.6. The van der Waals surface area contributed by atoms with E-state index >= 15 is 0 Å². The number of hydrogen-bond acceptors (Lipinski definition) is 3. The summed E-state index contributed by atoms with van der Waals surface area (Å²) in [6.07, 6.45) is -3.45. The van der Waals surface area contributed by atoms with Crippen LogP contribution < -0.4 is 5.32 Å². The fraction of sp³-hybridized carbons (Fsp3) is 1.00. The molecule has 116 valence electrons. The van der Waals surface area contributed by atoms with Crippen LogP contribution in [0.1, 0.15) is 46.5 Å². The minimum Gasteiger partial charge on any atom is -0.394 e. The summed E-state index contributed by atoms with van der Waals surface area (Å²) in [6.45, 7) is 6.51. The highest BCUT2D eigenvalue weighted by molar-refractivity contribution is 4.83. The van der Waals surface area contributed by atoms with E-state index < -0.39 is 12.6 Å². The van der Waals surface area contributed by atoms with E-state index in [4.69, 9.17) is 4.74 Å². The predicted octanol–water partition coefficient (Wildman–Crippen LogP) is 2.87. The minimum atomic E-state index is -4.10. The van der Waals surface area contributed by atoms with Crippen molar-refractivity contribution in [1.29, 1.82) is 0 Å². The maximum Gasteiger partial charge on any atom is 0.389 e. The molecule has 0 aromatic carbocycles. The lowest BCUT2D eigenvalue weighted by atomic mass is 9.96. The number of rotatable bonds is 10. The summed E-state index contributed by atoms with van der Waals surface area (Å²) in [4.78, 5) is 0. The van der Waals surface area contributed by atoms with Gasteiger partial charge in [0.05, 0.1) is 6.61 Å². The van der Waals surface area contributed by atoms with E-state index in [0.717, 1.165) is 6.42 Å². The molecule has 1 unspecified atom stereocenters. The topological polar surface area (TPSA) is 41.5 Å². The zero-order valence-electron chi connectivity index (χ0n) is 12.0. The number of halogens is 3. The van der Waals surface area contributed by atoms with Crippen LogP contribution in [0.2, 0.25) is 0 Å². The first-order chi connectivity index (χ1) is 8.68. The lowest BCUT2D eigenvalue weighted by Crippen LogP contribution is -2.49. The zero-order chi connectivity index (χ0) is 14.9. The summed E-state index contributed by atoms with van der Waals surface area (Å²) in [6, 6.07) is 0.268. The van der Waals surface area contributed by atoms with E-state index in [-0.39, 0.29) is 31.2 Å². The van der Waals surface area contributed by atoms with Crippen molar-refractivity contribution in [2.75, 3.05) is 19.8 Å². The van der Waals surface area contributed by atoms with E-state index in [9.17, 15) is 18.3 Å². The Balaban J connectivity index is 3.62. The second-order valence-electron chi connectivity index (χ2n) is 5.45. The molecule has 6 heteroatoms. The molecule has 0 saturated heterocycles. The molecule has 0 aromatic rings.